The van der Waals surface area contributed by atoms with Crippen molar-refractivity contribution in [2.45, 2.75) is 0 Å². The Kier molecular flexibility index (Phi) is 5.46. The Morgan fingerprint density at radius 3 is 1.69 bits per heavy atom. The van der Waals surface area contributed by atoms with Gasteiger partial charge in [-0.2, -0.15) is 0 Å². The predicted octanol–water partition coefficient (Wildman–Crippen LogP) is 4.78. The zero-order valence-electron chi connectivity index (χ0n) is 15.1. The van der Waals surface area contributed by atoms with Crippen molar-refractivity contribution in [2.75, 3.05) is 21.3 Å². The molecule has 0 bridgehead atoms. The van der Waals surface area contributed by atoms with Gasteiger partial charge < -0.3 is 14.2 Å². The van der Waals surface area contributed by atoms with Crippen LogP contribution in [0.25, 0.3) is 11.1 Å². The van der Waals surface area contributed by atoms with Crippen LogP contribution in [-0.4, -0.2) is 21.3 Å². The van der Waals surface area contributed by atoms with E-state index in [-0.39, 0.29) is 0 Å². The van der Waals surface area contributed by atoms with Crippen LogP contribution in [0, 0.1) is 11.8 Å². The maximum Gasteiger partial charge on any atom is 0.119 e. The summed E-state index contributed by atoms with van der Waals surface area (Å²) in [6, 6.07) is 21.5. The van der Waals surface area contributed by atoms with Crippen molar-refractivity contribution in [3.05, 3.63) is 77.9 Å². The van der Waals surface area contributed by atoms with Crippen LogP contribution in [0.15, 0.2) is 66.7 Å². The molecule has 130 valence electrons. The highest BCUT2D eigenvalue weighted by Crippen LogP contribution is 2.29. The maximum absolute atomic E-state index is 5.38. The van der Waals surface area contributed by atoms with Gasteiger partial charge in [0.2, 0.25) is 0 Å². The maximum atomic E-state index is 5.38. The molecule has 3 heteroatoms. The van der Waals surface area contributed by atoms with Gasteiger partial charge in [0, 0.05) is 16.7 Å². The fourth-order valence-electron chi connectivity index (χ4n) is 2.58. The molecule has 0 saturated carbocycles. The zero-order chi connectivity index (χ0) is 18.4. The fraction of sp³-hybridized carbons (Fsp3) is 0.130. The lowest BCUT2D eigenvalue weighted by Gasteiger charge is -2.09. The van der Waals surface area contributed by atoms with E-state index < -0.39 is 0 Å². The highest BCUT2D eigenvalue weighted by atomic mass is 16.5. The van der Waals surface area contributed by atoms with E-state index in [1.54, 1.807) is 21.3 Å². The summed E-state index contributed by atoms with van der Waals surface area (Å²) in [5, 5.41) is 0. The van der Waals surface area contributed by atoms with E-state index in [9.17, 15) is 0 Å². The average Bonchev–Trinajstić information content (AvgIpc) is 2.72. The Hall–Kier alpha value is -3.38. The van der Waals surface area contributed by atoms with E-state index in [0.717, 1.165) is 39.5 Å². The van der Waals surface area contributed by atoms with E-state index in [1.165, 1.54) is 0 Å². The van der Waals surface area contributed by atoms with Gasteiger partial charge in [0.25, 0.3) is 0 Å². The first-order valence-corrected chi connectivity index (χ1v) is 8.22. The SMILES string of the molecule is COc1ccc(C#Cc2ccc(OC)cc2-c2ccc(OC)cc2)cc1. The van der Waals surface area contributed by atoms with Crippen molar-refractivity contribution in [2.24, 2.45) is 0 Å². The summed E-state index contributed by atoms with van der Waals surface area (Å²) in [6.07, 6.45) is 0. The Morgan fingerprint density at radius 2 is 1.12 bits per heavy atom. The van der Waals surface area contributed by atoms with Crippen LogP contribution in [0.2, 0.25) is 0 Å². The molecule has 26 heavy (non-hydrogen) atoms. The molecule has 0 unspecified atom stereocenters. The molecule has 3 rings (SSSR count). The Balaban J connectivity index is 1.99. The molecule has 0 aliphatic rings. The van der Waals surface area contributed by atoms with Crippen LogP contribution >= 0.6 is 0 Å². The highest BCUT2D eigenvalue weighted by molar-refractivity contribution is 5.73. The van der Waals surface area contributed by atoms with E-state index in [4.69, 9.17) is 14.2 Å². The molecule has 3 aromatic rings. The Bertz CT molecular complexity index is 930. The van der Waals surface area contributed by atoms with Crippen molar-refractivity contribution in [3.8, 4) is 40.2 Å². The van der Waals surface area contributed by atoms with Gasteiger partial charge in [0.05, 0.1) is 21.3 Å². The van der Waals surface area contributed by atoms with Crippen LogP contribution < -0.4 is 14.2 Å². The second-order valence-corrected chi connectivity index (χ2v) is 5.62. The molecule has 0 amide bonds. The van der Waals surface area contributed by atoms with Gasteiger partial charge in [0.15, 0.2) is 0 Å². The number of hydrogen-bond acceptors (Lipinski definition) is 3. The van der Waals surface area contributed by atoms with Crippen LogP contribution in [-0.2, 0) is 0 Å². The van der Waals surface area contributed by atoms with Gasteiger partial charge in [-0.15, -0.1) is 0 Å². The number of benzene rings is 3. The minimum atomic E-state index is 0.797. The molecule has 0 fully saturated rings. The van der Waals surface area contributed by atoms with Gasteiger partial charge in [-0.3, -0.25) is 0 Å². The summed E-state index contributed by atoms with van der Waals surface area (Å²) < 4.78 is 15.8. The van der Waals surface area contributed by atoms with Gasteiger partial charge in [-0.25, -0.2) is 0 Å². The summed E-state index contributed by atoms with van der Waals surface area (Å²) in [5.74, 6) is 8.92. The van der Waals surface area contributed by atoms with Gasteiger partial charge in [-0.05, 0) is 60.2 Å². The zero-order valence-corrected chi connectivity index (χ0v) is 15.1. The van der Waals surface area contributed by atoms with E-state index >= 15 is 0 Å². The minimum Gasteiger partial charge on any atom is -0.497 e. The molecule has 0 radical (unpaired) electrons. The largest absolute Gasteiger partial charge is 0.497 e. The van der Waals surface area contributed by atoms with E-state index in [1.807, 2.05) is 66.7 Å². The second kappa shape index (κ2) is 8.13. The second-order valence-electron chi connectivity index (χ2n) is 5.62. The third kappa shape index (κ3) is 3.99. The third-order valence-electron chi connectivity index (χ3n) is 4.06. The summed E-state index contributed by atoms with van der Waals surface area (Å²) in [4.78, 5) is 0. The first kappa shape index (κ1) is 17.4. The molecule has 0 spiro atoms. The van der Waals surface area contributed by atoms with Crippen molar-refractivity contribution in [1.29, 1.82) is 0 Å². The van der Waals surface area contributed by atoms with Crippen molar-refractivity contribution >= 4 is 0 Å². The summed E-state index contributed by atoms with van der Waals surface area (Å²) in [6.45, 7) is 0. The lowest BCUT2D eigenvalue weighted by Crippen LogP contribution is -1.89. The predicted molar refractivity (Wildman–Crippen MR) is 104 cm³/mol. The van der Waals surface area contributed by atoms with E-state index in [2.05, 4.69) is 11.8 Å². The first-order valence-electron chi connectivity index (χ1n) is 8.22. The van der Waals surface area contributed by atoms with Crippen LogP contribution in [0.4, 0.5) is 0 Å². The summed E-state index contributed by atoms with van der Waals surface area (Å²) in [7, 11) is 4.97. The lowest BCUT2D eigenvalue weighted by atomic mass is 9.99. The summed E-state index contributed by atoms with van der Waals surface area (Å²) >= 11 is 0. The molecule has 0 N–H and O–H groups in total. The number of hydrogen-bond donors (Lipinski definition) is 0. The topological polar surface area (TPSA) is 27.7 Å². The molecule has 0 aliphatic carbocycles. The van der Waals surface area contributed by atoms with Crippen LogP contribution in [0.1, 0.15) is 11.1 Å². The monoisotopic (exact) mass is 344 g/mol. The summed E-state index contributed by atoms with van der Waals surface area (Å²) in [5.41, 5.74) is 3.95. The number of rotatable bonds is 4. The smallest absolute Gasteiger partial charge is 0.119 e. The molecule has 0 aromatic heterocycles. The molecular weight excluding hydrogens is 324 g/mol. The van der Waals surface area contributed by atoms with Gasteiger partial charge in [0.1, 0.15) is 17.2 Å². The Labute approximate surface area is 154 Å². The molecule has 0 saturated heterocycles. The third-order valence-corrected chi connectivity index (χ3v) is 4.06. The van der Waals surface area contributed by atoms with Crippen LogP contribution in [0.3, 0.4) is 0 Å². The first-order chi connectivity index (χ1) is 12.7. The number of ether oxygens (including phenoxy) is 3. The lowest BCUT2D eigenvalue weighted by molar-refractivity contribution is 0.414. The molecule has 3 nitrogen and oxygen atoms in total. The highest BCUT2D eigenvalue weighted by Gasteiger charge is 2.06. The molecule has 0 aliphatic heterocycles. The average molecular weight is 344 g/mol. The molecule has 3 aromatic carbocycles. The van der Waals surface area contributed by atoms with Crippen LogP contribution in [0.5, 0.6) is 17.2 Å². The standard InChI is InChI=1S/C23H20O3/c1-24-20-11-5-17(6-12-20)4-7-18-10-15-22(26-3)16-23(18)19-8-13-21(25-2)14-9-19/h5-6,8-16H,1-3H3. The molecule has 0 atom stereocenters. The quantitative estimate of drug-likeness (QED) is 0.638. The number of methoxy groups -OCH3 is 3. The fourth-order valence-corrected chi connectivity index (χ4v) is 2.58. The minimum absolute atomic E-state index is 0.797. The van der Waals surface area contributed by atoms with Gasteiger partial charge >= 0.3 is 0 Å². The van der Waals surface area contributed by atoms with Crippen molar-refractivity contribution in [1.82, 2.24) is 0 Å². The van der Waals surface area contributed by atoms with E-state index in [0.29, 0.717) is 0 Å². The normalized spacial score (nSPS) is 9.81. The Morgan fingerprint density at radius 1 is 0.577 bits per heavy atom. The molecular formula is C23H20O3. The molecule has 0 heterocycles. The van der Waals surface area contributed by atoms with Crippen molar-refractivity contribution < 1.29 is 14.2 Å². The van der Waals surface area contributed by atoms with Gasteiger partial charge in [-0.1, -0.05) is 24.0 Å². The van der Waals surface area contributed by atoms with Crippen molar-refractivity contribution in [3.63, 3.8) is 0 Å².